The molecule has 0 amide bonds. The molecule has 0 unspecified atom stereocenters. The van der Waals surface area contributed by atoms with Crippen LogP contribution in [0.2, 0.25) is 5.02 Å². The molecule has 0 atom stereocenters. The number of nitrogens with zero attached hydrogens (tertiary/aromatic N) is 3. The summed E-state index contributed by atoms with van der Waals surface area (Å²) in [5.74, 6) is 1.10. The molecular weight excluding hydrogens is 260 g/mol. The maximum Gasteiger partial charge on any atom is 0.124 e. The van der Waals surface area contributed by atoms with Gasteiger partial charge in [0.05, 0.1) is 17.6 Å². The van der Waals surface area contributed by atoms with E-state index in [2.05, 4.69) is 9.47 Å². The number of benzene rings is 1. The molecule has 0 aliphatic carbocycles. The van der Waals surface area contributed by atoms with E-state index >= 15 is 0 Å². The van der Waals surface area contributed by atoms with Gasteiger partial charge in [-0.3, -0.25) is 4.90 Å². The topological polar surface area (TPSA) is 47.1 Å². The summed E-state index contributed by atoms with van der Waals surface area (Å²) in [6.07, 6.45) is 2.59. The minimum atomic E-state index is 0.626. The van der Waals surface area contributed by atoms with Crippen molar-refractivity contribution in [1.29, 1.82) is 0 Å². The number of rotatable bonds is 4. The van der Waals surface area contributed by atoms with Crippen molar-refractivity contribution in [3.05, 3.63) is 29.0 Å². The van der Waals surface area contributed by atoms with Crippen LogP contribution in [0.1, 0.15) is 18.7 Å². The fourth-order valence-corrected chi connectivity index (χ4v) is 2.96. The predicted octanol–water partition coefficient (Wildman–Crippen LogP) is 2.24. The van der Waals surface area contributed by atoms with E-state index in [1.807, 2.05) is 18.2 Å². The van der Waals surface area contributed by atoms with Crippen molar-refractivity contribution in [3.63, 3.8) is 0 Å². The minimum absolute atomic E-state index is 0.626. The quantitative estimate of drug-likeness (QED) is 0.933. The van der Waals surface area contributed by atoms with Crippen molar-refractivity contribution in [2.45, 2.75) is 25.9 Å². The molecule has 0 saturated carbocycles. The summed E-state index contributed by atoms with van der Waals surface area (Å²) in [5.41, 5.74) is 7.83. The molecular formula is C14H19ClN4. The average Bonchev–Trinajstić information content (AvgIpc) is 2.99. The van der Waals surface area contributed by atoms with E-state index in [4.69, 9.17) is 22.3 Å². The first-order valence-corrected chi connectivity index (χ1v) is 7.23. The molecule has 1 aliphatic heterocycles. The third kappa shape index (κ3) is 2.61. The van der Waals surface area contributed by atoms with Crippen LogP contribution in [-0.2, 0) is 13.1 Å². The van der Waals surface area contributed by atoms with Gasteiger partial charge in [-0.1, -0.05) is 11.6 Å². The lowest BCUT2D eigenvalue weighted by Crippen LogP contribution is -2.22. The Morgan fingerprint density at radius 1 is 1.26 bits per heavy atom. The molecule has 0 radical (unpaired) electrons. The summed E-state index contributed by atoms with van der Waals surface area (Å²) in [7, 11) is 0. The minimum Gasteiger partial charge on any atom is -0.329 e. The van der Waals surface area contributed by atoms with E-state index < -0.39 is 0 Å². The zero-order valence-electron chi connectivity index (χ0n) is 11.0. The van der Waals surface area contributed by atoms with Gasteiger partial charge >= 0.3 is 0 Å². The van der Waals surface area contributed by atoms with Gasteiger partial charge in [0.2, 0.25) is 0 Å². The third-order valence-electron chi connectivity index (χ3n) is 3.71. The monoisotopic (exact) mass is 278 g/mol. The lowest BCUT2D eigenvalue weighted by atomic mass is 10.3. The fraction of sp³-hybridized carbons (Fsp3) is 0.500. The maximum atomic E-state index is 6.04. The Morgan fingerprint density at radius 2 is 2.05 bits per heavy atom. The number of aromatic nitrogens is 2. The first-order chi connectivity index (χ1) is 9.28. The number of imidazole rings is 1. The second kappa shape index (κ2) is 5.49. The molecule has 2 aromatic rings. The van der Waals surface area contributed by atoms with Crippen LogP contribution in [0.15, 0.2) is 18.2 Å². The molecule has 19 heavy (non-hydrogen) atoms. The van der Waals surface area contributed by atoms with Crippen LogP contribution in [0, 0.1) is 0 Å². The Morgan fingerprint density at radius 3 is 2.79 bits per heavy atom. The molecule has 0 bridgehead atoms. The third-order valence-corrected chi connectivity index (χ3v) is 3.94. The molecule has 102 valence electrons. The van der Waals surface area contributed by atoms with Gasteiger partial charge in [-0.15, -0.1) is 0 Å². The highest BCUT2D eigenvalue weighted by molar-refractivity contribution is 6.31. The molecule has 1 saturated heterocycles. The van der Waals surface area contributed by atoms with E-state index in [0.717, 1.165) is 35.0 Å². The molecule has 0 spiro atoms. The molecule has 2 N–H and O–H groups in total. The van der Waals surface area contributed by atoms with E-state index in [0.29, 0.717) is 6.54 Å². The zero-order chi connectivity index (χ0) is 13.2. The van der Waals surface area contributed by atoms with Crippen molar-refractivity contribution >= 4 is 22.6 Å². The summed E-state index contributed by atoms with van der Waals surface area (Å²) < 4.78 is 2.23. The maximum absolute atomic E-state index is 6.04. The molecule has 1 aromatic carbocycles. The molecule has 1 aliphatic rings. The molecule has 3 rings (SSSR count). The first-order valence-electron chi connectivity index (χ1n) is 6.85. The van der Waals surface area contributed by atoms with Gasteiger partial charge < -0.3 is 10.3 Å². The van der Waals surface area contributed by atoms with Crippen molar-refractivity contribution in [3.8, 4) is 0 Å². The van der Waals surface area contributed by atoms with Crippen LogP contribution in [0.3, 0.4) is 0 Å². The number of hydrogen-bond acceptors (Lipinski definition) is 3. The number of fused-ring (bicyclic) bond motifs is 1. The van der Waals surface area contributed by atoms with Crippen molar-refractivity contribution < 1.29 is 0 Å². The van der Waals surface area contributed by atoms with Gasteiger partial charge in [0, 0.05) is 18.1 Å². The predicted molar refractivity (Wildman–Crippen MR) is 78.3 cm³/mol. The Bertz CT molecular complexity index is 572. The molecule has 5 heteroatoms. The number of halogens is 1. The average molecular weight is 279 g/mol. The SMILES string of the molecule is NCCn1c(CN2CCCC2)nc2cc(Cl)ccc21. The Hall–Kier alpha value is -1.10. The van der Waals surface area contributed by atoms with Crippen LogP contribution in [0.4, 0.5) is 0 Å². The van der Waals surface area contributed by atoms with E-state index in [1.54, 1.807) is 0 Å². The zero-order valence-corrected chi connectivity index (χ0v) is 11.7. The highest BCUT2D eigenvalue weighted by Gasteiger charge is 2.17. The lowest BCUT2D eigenvalue weighted by Gasteiger charge is -2.15. The summed E-state index contributed by atoms with van der Waals surface area (Å²) in [4.78, 5) is 7.19. The Labute approximate surface area is 118 Å². The number of nitrogens with two attached hydrogens (primary N) is 1. The van der Waals surface area contributed by atoms with Crippen LogP contribution in [0.5, 0.6) is 0 Å². The molecule has 2 heterocycles. The van der Waals surface area contributed by atoms with E-state index in [-0.39, 0.29) is 0 Å². The van der Waals surface area contributed by atoms with Crippen LogP contribution < -0.4 is 5.73 Å². The second-order valence-electron chi connectivity index (χ2n) is 5.08. The van der Waals surface area contributed by atoms with Crippen molar-refractivity contribution in [1.82, 2.24) is 14.5 Å². The summed E-state index contributed by atoms with van der Waals surface area (Å²) >= 11 is 6.04. The Kier molecular flexibility index (Phi) is 3.73. The van der Waals surface area contributed by atoms with Crippen molar-refractivity contribution in [2.24, 2.45) is 5.73 Å². The summed E-state index contributed by atoms with van der Waals surface area (Å²) in [6, 6.07) is 5.88. The van der Waals surface area contributed by atoms with E-state index in [1.165, 1.54) is 25.9 Å². The molecule has 4 nitrogen and oxygen atoms in total. The molecule has 1 aromatic heterocycles. The Balaban J connectivity index is 1.98. The lowest BCUT2D eigenvalue weighted by molar-refractivity contribution is 0.317. The fourth-order valence-electron chi connectivity index (χ4n) is 2.79. The van der Waals surface area contributed by atoms with Gasteiger partial charge in [-0.25, -0.2) is 4.98 Å². The molecule has 1 fully saturated rings. The van der Waals surface area contributed by atoms with E-state index in [9.17, 15) is 0 Å². The number of hydrogen-bond donors (Lipinski definition) is 1. The highest BCUT2D eigenvalue weighted by Crippen LogP contribution is 2.22. The summed E-state index contributed by atoms with van der Waals surface area (Å²) in [5, 5.41) is 0.734. The van der Waals surface area contributed by atoms with Crippen molar-refractivity contribution in [2.75, 3.05) is 19.6 Å². The van der Waals surface area contributed by atoms with Gasteiger partial charge in [-0.05, 0) is 44.1 Å². The van der Waals surface area contributed by atoms with Gasteiger partial charge in [0.15, 0.2) is 0 Å². The standard InChI is InChI=1S/C14H19ClN4/c15-11-3-4-13-12(9-11)17-14(19(13)8-5-16)10-18-6-1-2-7-18/h3-4,9H,1-2,5-8,10,16H2. The second-order valence-corrected chi connectivity index (χ2v) is 5.52. The summed E-state index contributed by atoms with van der Waals surface area (Å²) in [6.45, 7) is 4.69. The van der Waals surface area contributed by atoms with Gasteiger partial charge in [0.1, 0.15) is 5.82 Å². The first kappa shape index (κ1) is 12.9. The van der Waals surface area contributed by atoms with Crippen LogP contribution in [-0.4, -0.2) is 34.1 Å². The normalized spacial score (nSPS) is 16.5. The van der Waals surface area contributed by atoms with Gasteiger partial charge in [0.25, 0.3) is 0 Å². The van der Waals surface area contributed by atoms with Crippen LogP contribution in [0.25, 0.3) is 11.0 Å². The number of likely N-dealkylation sites (tertiary alicyclic amines) is 1. The van der Waals surface area contributed by atoms with Crippen LogP contribution >= 0.6 is 11.6 Å². The largest absolute Gasteiger partial charge is 0.329 e. The van der Waals surface area contributed by atoms with Gasteiger partial charge in [-0.2, -0.15) is 0 Å². The highest BCUT2D eigenvalue weighted by atomic mass is 35.5. The smallest absolute Gasteiger partial charge is 0.124 e.